The van der Waals surface area contributed by atoms with Gasteiger partial charge in [0.05, 0.1) is 4.92 Å². The zero-order valence-corrected chi connectivity index (χ0v) is 11.5. The summed E-state index contributed by atoms with van der Waals surface area (Å²) in [6.07, 6.45) is 0. The zero-order chi connectivity index (χ0) is 14.0. The molecular formula is C11H12BrN3O4. The van der Waals surface area contributed by atoms with Crippen molar-refractivity contribution in [2.24, 2.45) is 0 Å². The topological polar surface area (TPSA) is 95.7 Å². The molecule has 1 atom stereocenters. The van der Waals surface area contributed by atoms with Gasteiger partial charge >= 0.3 is 5.97 Å². The van der Waals surface area contributed by atoms with E-state index in [9.17, 15) is 20.0 Å². The SMILES string of the molecule is O=C(O)C1CNCCN1c1cc(Br)ccc1[N+](=O)[O-]. The van der Waals surface area contributed by atoms with Crippen molar-refractivity contribution in [3.05, 3.63) is 32.8 Å². The van der Waals surface area contributed by atoms with Gasteiger partial charge in [0.1, 0.15) is 11.7 Å². The second-order valence-corrected chi connectivity index (χ2v) is 5.06. The number of hydrogen-bond donors (Lipinski definition) is 2. The maximum absolute atomic E-state index is 11.2. The fourth-order valence-electron chi connectivity index (χ4n) is 2.09. The van der Waals surface area contributed by atoms with Crippen molar-refractivity contribution < 1.29 is 14.8 Å². The molecule has 1 unspecified atom stereocenters. The third-order valence-electron chi connectivity index (χ3n) is 2.97. The minimum Gasteiger partial charge on any atom is -0.480 e. The average molecular weight is 330 g/mol. The Balaban J connectivity index is 2.46. The quantitative estimate of drug-likeness (QED) is 0.639. The molecule has 102 valence electrons. The minimum absolute atomic E-state index is 0.0867. The summed E-state index contributed by atoms with van der Waals surface area (Å²) in [7, 11) is 0. The number of halogens is 1. The van der Waals surface area contributed by atoms with Gasteiger partial charge < -0.3 is 15.3 Å². The summed E-state index contributed by atoms with van der Waals surface area (Å²) in [5, 5.41) is 23.2. The van der Waals surface area contributed by atoms with Crippen LogP contribution in [0, 0.1) is 10.1 Å². The maximum Gasteiger partial charge on any atom is 0.327 e. The van der Waals surface area contributed by atoms with E-state index >= 15 is 0 Å². The summed E-state index contributed by atoms with van der Waals surface area (Å²) in [5.41, 5.74) is 0.240. The van der Waals surface area contributed by atoms with Gasteiger partial charge in [-0.3, -0.25) is 10.1 Å². The van der Waals surface area contributed by atoms with Gasteiger partial charge in [-0.1, -0.05) is 15.9 Å². The van der Waals surface area contributed by atoms with Crippen molar-refractivity contribution in [3.8, 4) is 0 Å². The van der Waals surface area contributed by atoms with Crippen LogP contribution in [-0.4, -0.2) is 41.7 Å². The lowest BCUT2D eigenvalue weighted by atomic mass is 10.1. The van der Waals surface area contributed by atoms with E-state index in [1.165, 1.54) is 6.07 Å². The predicted octanol–water partition coefficient (Wildman–Crippen LogP) is 1.22. The summed E-state index contributed by atoms with van der Waals surface area (Å²) >= 11 is 3.26. The largest absolute Gasteiger partial charge is 0.480 e. The van der Waals surface area contributed by atoms with Crippen LogP contribution in [0.2, 0.25) is 0 Å². The number of carboxylic acid groups (broad SMARTS) is 1. The van der Waals surface area contributed by atoms with Gasteiger partial charge in [0.2, 0.25) is 0 Å². The predicted molar refractivity (Wildman–Crippen MR) is 72.4 cm³/mol. The molecule has 2 rings (SSSR count). The molecule has 1 heterocycles. The number of benzene rings is 1. The van der Waals surface area contributed by atoms with Crippen LogP contribution in [-0.2, 0) is 4.79 Å². The normalized spacial score (nSPS) is 19.2. The Bertz CT molecular complexity index is 523. The third-order valence-corrected chi connectivity index (χ3v) is 3.47. The van der Waals surface area contributed by atoms with Crippen molar-refractivity contribution in [2.75, 3.05) is 24.5 Å². The van der Waals surface area contributed by atoms with Crippen molar-refractivity contribution in [2.45, 2.75) is 6.04 Å². The highest BCUT2D eigenvalue weighted by Crippen LogP contribution is 2.32. The molecule has 0 saturated carbocycles. The minimum atomic E-state index is -0.999. The molecule has 8 heteroatoms. The van der Waals surface area contributed by atoms with Crippen LogP contribution in [0.3, 0.4) is 0 Å². The van der Waals surface area contributed by atoms with Crippen LogP contribution in [0.5, 0.6) is 0 Å². The van der Waals surface area contributed by atoms with E-state index < -0.39 is 16.9 Å². The summed E-state index contributed by atoms with van der Waals surface area (Å²) in [6.45, 7) is 1.26. The molecule has 1 aliphatic heterocycles. The number of carbonyl (C=O) groups is 1. The molecule has 0 bridgehead atoms. The van der Waals surface area contributed by atoms with Gasteiger partial charge in [0.25, 0.3) is 5.69 Å². The lowest BCUT2D eigenvalue weighted by Gasteiger charge is -2.34. The van der Waals surface area contributed by atoms with E-state index in [2.05, 4.69) is 21.2 Å². The van der Waals surface area contributed by atoms with Crippen LogP contribution in [0.15, 0.2) is 22.7 Å². The van der Waals surface area contributed by atoms with Crippen molar-refractivity contribution in [3.63, 3.8) is 0 Å². The highest BCUT2D eigenvalue weighted by molar-refractivity contribution is 9.10. The zero-order valence-electron chi connectivity index (χ0n) is 9.88. The number of carboxylic acids is 1. The van der Waals surface area contributed by atoms with E-state index in [4.69, 9.17) is 0 Å². The number of nitro benzene ring substituents is 1. The summed E-state index contributed by atoms with van der Waals surface area (Å²) < 4.78 is 0.677. The Kier molecular flexibility index (Phi) is 4.01. The fourth-order valence-corrected chi connectivity index (χ4v) is 2.44. The Morgan fingerprint density at radius 2 is 2.32 bits per heavy atom. The first-order valence-corrected chi connectivity index (χ1v) is 6.44. The number of piperazine rings is 1. The number of nitrogens with one attached hydrogen (secondary N) is 1. The molecule has 19 heavy (non-hydrogen) atoms. The van der Waals surface area contributed by atoms with Crippen LogP contribution in [0.1, 0.15) is 0 Å². The molecule has 1 aromatic rings. The lowest BCUT2D eigenvalue weighted by Crippen LogP contribution is -2.55. The van der Waals surface area contributed by atoms with E-state index in [0.29, 0.717) is 23.2 Å². The molecule has 0 aliphatic carbocycles. The summed E-state index contributed by atoms with van der Waals surface area (Å²) in [4.78, 5) is 23.4. The molecule has 0 aromatic heterocycles. The molecule has 7 nitrogen and oxygen atoms in total. The molecule has 1 fully saturated rings. The first-order valence-electron chi connectivity index (χ1n) is 5.65. The molecule has 1 saturated heterocycles. The Labute approximate surface area is 117 Å². The van der Waals surface area contributed by atoms with E-state index in [0.717, 1.165) is 0 Å². The Hall–Kier alpha value is -1.67. The van der Waals surface area contributed by atoms with Crippen molar-refractivity contribution >= 4 is 33.3 Å². The van der Waals surface area contributed by atoms with Gasteiger partial charge in [0.15, 0.2) is 0 Å². The number of hydrogen-bond acceptors (Lipinski definition) is 5. The fraction of sp³-hybridized carbons (Fsp3) is 0.364. The van der Waals surface area contributed by atoms with Crippen LogP contribution in [0.4, 0.5) is 11.4 Å². The van der Waals surface area contributed by atoms with Crippen LogP contribution < -0.4 is 10.2 Å². The standard InChI is InChI=1S/C11H12BrN3O4/c12-7-1-2-8(15(18)19)9(5-7)14-4-3-13-6-10(14)11(16)17/h1-2,5,10,13H,3-4,6H2,(H,16,17). The second kappa shape index (κ2) is 5.54. The monoisotopic (exact) mass is 329 g/mol. The average Bonchev–Trinajstić information content (AvgIpc) is 2.38. The van der Waals surface area contributed by atoms with E-state index in [1.807, 2.05) is 0 Å². The van der Waals surface area contributed by atoms with Gasteiger partial charge in [0, 0.05) is 30.2 Å². The van der Waals surface area contributed by atoms with Crippen LogP contribution >= 0.6 is 15.9 Å². The molecule has 1 aromatic carbocycles. The Morgan fingerprint density at radius 3 is 2.95 bits per heavy atom. The highest BCUT2D eigenvalue weighted by Gasteiger charge is 2.32. The molecular weight excluding hydrogens is 318 g/mol. The lowest BCUT2D eigenvalue weighted by molar-refractivity contribution is -0.384. The van der Waals surface area contributed by atoms with E-state index in [1.54, 1.807) is 17.0 Å². The number of anilines is 1. The molecule has 0 radical (unpaired) electrons. The first kappa shape index (κ1) is 13.8. The van der Waals surface area contributed by atoms with Gasteiger partial charge in [-0.25, -0.2) is 4.79 Å². The number of nitro groups is 1. The summed E-state index contributed by atoms with van der Waals surface area (Å²) in [5.74, 6) is -0.999. The Morgan fingerprint density at radius 1 is 1.58 bits per heavy atom. The molecule has 0 amide bonds. The van der Waals surface area contributed by atoms with E-state index in [-0.39, 0.29) is 12.2 Å². The second-order valence-electron chi connectivity index (χ2n) is 4.14. The molecule has 0 spiro atoms. The van der Waals surface area contributed by atoms with Gasteiger partial charge in [-0.2, -0.15) is 0 Å². The van der Waals surface area contributed by atoms with Crippen LogP contribution in [0.25, 0.3) is 0 Å². The molecule has 2 N–H and O–H groups in total. The first-order chi connectivity index (χ1) is 9.00. The highest BCUT2D eigenvalue weighted by atomic mass is 79.9. The number of nitrogens with zero attached hydrogens (tertiary/aromatic N) is 2. The van der Waals surface area contributed by atoms with Gasteiger partial charge in [-0.05, 0) is 12.1 Å². The summed E-state index contributed by atoms with van der Waals surface area (Å²) in [6, 6.07) is 3.72. The number of aliphatic carboxylic acids is 1. The maximum atomic E-state index is 11.2. The molecule has 1 aliphatic rings. The van der Waals surface area contributed by atoms with Crippen molar-refractivity contribution in [1.82, 2.24) is 5.32 Å². The third kappa shape index (κ3) is 2.85. The van der Waals surface area contributed by atoms with Gasteiger partial charge in [-0.15, -0.1) is 0 Å². The van der Waals surface area contributed by atoms with Crippen molar-refractivity contribution in [1.29, 1.82) is 0 Å². The number of rotatable bonds is 3. The smallest absolute Gasteiger partial charge is 0.327 e.